The van der Waals surface area contributed by atoms with E-state index in [0.29, 0.717) is 6.54 Å². The van der Waals surface area contributed by atoms with Gasteiger partial charge in [0.15, 0.2) is 0 Å². The lowest BCUT2D eigenvalue weighted by atomic mass is 9.87. The third-order valence-corrected chi connectivity index (χ3v) is 3.82. The first kappa shape index (κ1) is 14.2. The Labute approximate surface area is 107 Å². The summed E-state index contributed by atoms with van der Waals surface area (Å²) in [6.45, 7) is 8.62. The summed E-state index contributed by atoms with van der Waals surface area (Å²) in [7, 11) is 0. The molecule has 17 heavy (non-hydrogen) atoms. The van der Waals surface area contributed by atoms with Gasteiger partial charge in [-0.05, 0) is 28.8 Å². The van der Waals surface area contributed by atoms with Gasteiger partial charge in [-0.25, -0.2) is 0 Å². The van der Waals surface area contributed by atoms with Gasteiger partial charge in [-0.15, -0.1) is 11.3 Å². The zero-order chi connectivity index (χ0) is 13.1. The fourth-order valence-corrected chi connectivity index (χ4v) is 2.42. The molecule has 1 heterocycles. The van der Waals surface area contributed by atoms with E-state index in [2.05, 4.69) is 23.7 Å². The van der Waals surface area contributed by atoms with E-state index in [1.54, 1.807) is 11.3 Å². The van der Waals surface area contributed by atoms with Gasteiger partial charge in [-0.2, -0.15) is 0 Å². The zero-order valence-corrected chi connectivity index (χ0v) is 11.9. The van der Waals surface area contributed by atoms with Crippen LogP contribution in [0.3, 0.4) is 0 Å². The molecule has 3 N–H and O–H groups in total. The minimum Gasteiger partial charge on any atom is -0.350 e. The maximum atomic E-state index is 11.9. The zero-order valence-electron chi connectivity index (χ0n) is 11.0. The number of rotatable bonds is 4. The Balaban J connectivity index is 2.54. The summed E-state index contributed by atoms with van der Waals surface area (Å²) in [5.74, 6) is -0.0760. The normalized spacial score (nSPS) is 13.5. The quantitative estimate of drug-likeness (QED) is 0.866. The average Bonchev–Trinajstić information content (AvgIpc) is 2.70. The van der Waals surface area contributed by atoms with Crippen molar-refractivity contribution < 1.29 is 4.79 Å². The van der Waals surface area contributed by atoms with E-state index in [4.69, 9.17) is 5.73 Å². The summed E-state index contributed by atoms with van der Waals surface area (Å²) in [6, 6.07) is 1.64. The molecule has 0 bridgehead atoms. The molecule has 96 valence electrons. The van der Waals surface area contributed by atoms with Gasteiger partial charge in [-0.3, -0.25) is 4.79 Å². The SMILES string of the molecule is CCc1ccsc1CNC(=O)C(N)C(C)(C)C. The van der Waals surface area contributed by atoms with Crippen LogP contribution in [-0.4, -0.2) is 11.9 Å². The van der Waals surface area contributed by atoms with E-state index in [1.807, 2.05) is 20.8 Å². The molecule has 0 saturated heterocycles. The van der Waals surface area contributed by atoms with Crippen LogP contribution in [0.1, 0.15) is 38.1 Å². The molecule has 1 amide bonds. The molecule has 1 unspecified atom stereocenters. The largest absolute Gasteiger partial charge is 0.350 e. The van der Waals surface area contributed by atoms with Crippen molar-refractivity contribution in [1.82, 2.24) is 5.32 Å². The lowest BCUT2D eigenvalue weighted by molar-refractivity contribution is -0.124. The predicted molar refractivity (Wildman–Crippen MR) is 73.0 cm³/mol. The Morgan fingerprint density at radius 1 is 1.53 bits per heavy atom. The van der Waals surface area contributed by atoms with E-state index in [0.717, 1.165) is 6.42 Å². The second-order valence-corrected chi connectivity index (χ2v) is 6.28. The Hall–Kier alpha value is -0.870. The molecule has 1 atom stereocenters. The second kappa shape index (κ2) is 5.65. The van der Waals surface area contributed by atoms with E-state index in [-0.39, 0.29) is 11.3 Å². The van der Waals surface area contributed by atoms with Crippen molar-refractivity contribution in [2.75, 3.05) is 0 Å². The first-order chi connectivity index (χ1) is 7.86. The van der Waals surface area contributed by atoms with Crippen LogP contribution in [0.5, 0.6) is 0 Å². The maximum Gasteiger partial charge on any atom is 0.237 e. The number of carbonyl (C=O) groups excluding carboxylic acids is 1. The van der Waals surface area contributed by atoms with Crippen LogP contribution in [-0.2, 0) is 17.8 Å². The molecule has 0 aliphatic rings. The van der Waals surface area contributed by atoms with E-state index in [9.17, 15) is 4.79 Å². The fourth-order valence-electron chi connectivity index (χ4n) is 1.51. The van der Waals surface area contributed by atoms with Crippen molar-refractivity contribution in [3.63, 3.8) is 0 Å². The third kappa shape index (κ3) is 3.82. The van der Waals surface area contributed by atoms with Crippen LogP contribution >= 0.6 is 11.3 Å². The van der Waals surface area contributed by atoms with Gasteiger partial charge in [0.25, 0.3) is 0 Å². The van der Waals surface area contributed by atoms with E-state index < -0.39 is 6.04 Å². The number of aryl methyl sites for hydroxylation is 1. The highest BCUT2D eigenvalue weighted by molar-refractivity contribution is 7.10. The number of thiophene rings is 1. The number of hydrogen-bond donors (Lipinski definition) is 2. The van der Waals surface area contributed by atoms with Crippen molar-refractivity contribution in [2.24, 2.45) is 11.1 Å². The van der Waals surface area contributed by atoms with Crippen LogP contribution in [0.4, 0.5) is 0 Å². The number of amides is 1. The van der Waals surface area contributed by atoms with Gasteiger partial charge < -0.3 is 11.1 Å². The van der Waals surface area contributed by atoms with Crippen LogP contribution in [0.2, 0.25) is 0 Å². The molecular weight excluding hydrogens is 232 g/mol. The molecule has 3 nitrogen and oxygen atoms in total. The lowest BCUT2D eigenvalue weighted by Gasteiger charge is -2.25. The molecule has 1 rings (SSSR count). The number of nitrogens with one attached hydrogen (secondary N) is 1. The molecule has 0 aliphatic carbocycles. The van der Waals surface area contributed by atoms with Crippen molar-refractivity contribution >= 4 is 17.2 Å². The van der Waals surface area contributed by atoms with Crippen molar-refractivity contribution in [2.45, 2.75) is 46.7 Å². The van der Waals surface area contributed by atoms with Crippen molar-refractivity contribution in [3.05, 3.63) is 21.9 Å². The number of carbonyl (C=O) groups is 1. The average molecular weight is 254 g/mol. The molecule has 0 fully saturated rings. The molecule has 4 heteroatoms. The lowest BCUT2D eigenvalue weighted by Crippen LogP contribution is -2.48. The first-order valence-electron chi connectivity index (χ1n) is 5.94. The Bertz CT molecular complexity index is 379. The van der Waals surface area contributed by atoms with Gasteiger partial charge in [0.1, 0.15) is 0 Å². The van der Waals surface area contributed by atoms with Crippen molar-refractivity contribution in [1.29, 1.82) is 0 Å². The predicted octanol–water partition coefficient (Wildman–Crippen LogP) is 2.30. The highest BCUT2D eigenvalue weighted by Crippen LogP contribution is 2.19. The van der Waals surface area contributed by atoms with Gasteiger partial charge in [0.05, 0.1) is 12.6 Å². The van der Waals surface area contributed by atoms with Crippen molar-refractivity contribution in [3.8, 4) is 0 Å². The van der Waals surface area contributed by atoms with Gasteiger partial charge >= 0.3 is 0 Å². The van der Waals surface area contributed by atoms with Gasteiger partial charge in [0.2, 0.25) is 5.91 Å². The summed E-state index contributed by atoms with van der Waals surface area (Å²) >= 11 is 1.68. The summed E-state index contributed by atoms with van der Waals surface area (Å²) < 4.78 is 0. The standard InChI is InChI=1S/C13H22N2OS/c1-5-9-6-7-17-10(9)8-15-12(16)11(14)13(2,3)4/h6-7,11H,5,8,14H2,1-4H3,(H,15,16). The first-order valence-corrected chi connectivity index (χ1v) is 6.82. The molecule has 0 spiro atoms. The summed E-state index contributed by atoms with van der Waals surface area (Å²) in [5, 5.41) is 4.97. The molecule has 0 aromatic carbocycles. The highest BCUT2D eigenvalue weighted by atomic mass is 32.1. The molecule has 0 radical (unpaired) electrons. The minimum absolute atomic E-state index is 0.0760. The smallest absolute Gasteiger partial charge is 0.237 e. The monoisotopic (exact) mass is 254 g/mol. The van der Waals surface area contributed by atoms with Crippen LogP contribution in [0.15, 0.2) is 11.4 Å². The molecule has 1 aromatic heterocycles. The Kier molecular flexibility index (Phi) is 4.71. The fraction of sp³-hybridized carbons (Fsp3) is 0.615. The Morgan fingerprint density at radius 2 is 2.18 bits per heavy atom. The topological polar surface area (TPSA) is 55.1 Å². The summed E-state index contributed by atoms with van der Waals surface area (Å²) in [6.07, 6.45) is 1.00. The van der Waals surface area contributed by atoms with E-state index in [1.165, 1.54) is 10.4 Å². The molecular formula is C13H22N2OS. The van der Waals surface area contributed by atoms with Crippen LogP contribution in [0, 0.1) is 5.41 Å². The molecule has 0 saturated carbocycles. The van der Waals surface area contributed by atoms with E-state index >= 15 is 0 Å². The molecule has 0 aliphatic heterocycles. The minimum atomic E-state index is -0.465. The van der Waals surface area contributed by atoms with Crippen LogP contribution < -0.4 is 11.1 Å². The highest BCUT2D eigenvalue weighted by Gasteiger charge is 2.27. The van der Waals surface area contributed by atoms with Gasteiger partial charge in [-0.1, -0.05) is 27.7 Å². The van der Waals surface area contributed by atoms with Gasteiger partial charge in [0, 0.05) is 4.88 Å². The maximum absolute atomic E-state index is 11.9. The van der Waals surface area contributed by atoms with Crippen LogP contribution in [0.25, 0.3) is 0 Å². The third-order valence-electron chi connectivity index (χ3n) is 2.86. The number of hydrogen-bond acceptors (Lipinski definition) is 3. The number of nitrogens with two attached hydrogens (primary N) is 1. The second-order valence-electron chi connectivity index (χ2n) is 5.28. The Morgan fingerprint density at radius 3 is 2.71 bits per heavy atom. The summed E-state index contributed by atoms with van der Waals surface area (Å²) in [5.41, 5.74) is 7.00. The molecule has 1 aromatic rings. The summed E-state index contributed by atoms with van der Waals surface area (Å²) in [4.78, 5) is 13.1.